The molecule has 0 unspecified atom stereocenters. The minimum absolute atomic E-state index is 0.0600. The molecule has 1 aromatic rings. The summed E-state index contributed by atoms with van der Waals surface area (Å²) in [5, 5.41) is 0. The van der Waals surface area contributed by atoms with E-state index in [1.807, 2.05) is 6.07 Å². The molecule has 0 N–H and O–H groups in total. The largest absolute Gasteiger partial charge is 0.207 e. The maximum atomic E-state index is 14.8. The molecule has 0 amide bonds. The van der Waals surface area contributed by atoms with Crippen LogP contribution in [0.1, 0.15) is 121 Å². The van der Waals surface area contributed by atoms with Gasteiger partial charge in [-0.05, 0) is 79.4 Å². The lowest BCUT2D eigenvalue weighted by Gasteiger charge is -2.29. The van der Waals surface area contributed by atoms with E-state index in [1.165, 1.54) is 95.5 Å². The summed E-state index contributed by atoms with van der Waals surface area (Å²) in [5.74, 6) is 3.36. The maximum Gasteiger partial charge on any atom is 0.126 e. The zero-order valence-electron chi connectivity index (χ0n) is 18.5. The van der Waals surface area contributed by atoms with Gasteiger partial charge in [0.25, 0.3) is 0 Å². The monoisotopic (exact) mass is 386 g/mol. The molecule has 2 aliphatic carbocycles. The van der Waals surface area contributed by atoms with Crippen molar-refractivity contribution in [2.75, 3.05) is 0 Å². The number of aryl methyl sites for hydroxylation is 1. The average Bonchev–Trinajstić information content (AvgIpc) is 2.74. The fourth-order valence-corrected chi connectivity index (χ4v) is 5.78. The first-order valence-electron chi connectivity index (χ1n) is 12.5. The third-order valence-corrected chi connectivity index (χ3v) is 7.98. The Bertz CT molecular complexity index is 562. The van der Waals surface area contributed by atoms with Crippen LogP contribution >= 0.6 is 0 Å². The Hall–Kier alpha value is -0.850. The van der Waals surface area contributed by atoms with Crippen molar-refractivity contribution in [2.24, 2.45) is 17.8 Å². The van der Waals surface area contributed by atoms with Gasteiger partial charge >= 0.3 is 0 Å². The zero-order valence-corrected chi connectivity index (χ0v) is 18.5. The van der Waals surface area contributed by atoms with Gasteiger partial charge < -0.3 is 0 Å². The van der Waals surface area contributed by atoms with Gasteiger partial charge in [0.1, 0.15) is 5.82 Å². The Labute approximate surface area is 173 Å². The summed E-state index contributed by atoms with van der Waals surface area (Å²) >= 11 is 0. The van der Waals surface area contributed by atoms with Crippen LogP contribution in [0.5, 0.6) is 0 Å². The Morgan fingerprint density at radius 3 is 2.07 bits per heavy atom. The van der Waals surface area contributed by atoms with E-state index in [0.717, 1.165) is 29.7 Å². The average molecular weight is 387 g/mol. The molecule has 158 valence electrons. The van der Waals surface area contributed by atoms with Gasteiger partial charge in [0.2, 0.25) is 0 Å². The van der Waals surface area contributed by atoms with Gasteiger partial charge in [0.15, 0.2) is 0 Å². The molecule has 0 heterocycles. The molecule has 0 nitrogen and oxygen atoms in total. The molecule has 0 aromatic heterocycles. The van der Waals surface area contributed by atoms with Crippen LogP contribution in [-0.2, 0) is 6.42 Å². The van der Waals surface area contributed by atoms with Gasteiger partial charge in [-0.15, -0.1) is 0 Å². The molecule has 1 aromatic carbocycles. The van der Waals surface area contributed by atoms with Crippen LogP contribution < -0.4 is 0 Å². The van der Waals surface area contributed by atoms with E-state index in [1.54, 1.807) is 0 Å². The molecule has 2 fully saturated rings. The van der Waals surface area contributed by atoms with Crippen molar-refractivity contribution in [1.29, 1.82) is 0 Å². The van der Waals surface area contributed by atoms with Crippen LogP contribution in [-0.4, -0.2) is 0 Å². The van der Waals surface area contributed by atoms with E-state index in [4.69, 9.17) is 0 Å². The molecule has 3 rings (SSSR count). The topological polar surface area (TPSA) is 0 Å². The van der Waals surface area contributed by atoms with Gasteiger partial charge in [-0.3, -0.25) is 0 Å². The summed E-state index contributed by atoms with van der Waals surface area (Å²) in [6.07, 6.45) is 19.7. The number of hydrogen-bond acceptors (Lipinski definition) is 0. The minimum atomic E-state index is 0.0600. The molecule has 2 saturated carbocycles. The van der Waals surface area contributed by atoms with Crippen LogP contribution in [0.15, 0.2) is 18.2 Å². The van der Waals surface area contributed by atoms with Crippen molar-refractivity contribution in [3.8, 4) is 0 Å². The smallest absolute Gasteiger partial charge is 0.126 e. The van der Waals surface area contributed by atoms with Crippen LogP contribution in [0, 0.1) is 23.6 Å². The van der Waals surface area contributed by atoms with E-state index < -0.39 is 0 Å². The molecule has 0 spiro atoms. The van der Waals surface area contributed by atoms with Crippen LogP contribution in [0.2, 0.25) is 0 Å². The van der Waals surface area contributed by atoms with Crippen molar-refractivity contribution >= 4 is 0 Å². The second-order valence-corrected chi connectivity index (χ2v) is 9.90. The SMILES string of the molecule is CCCCCC1CCC(c2ccc(CCC3CCC(CC)CC3)c(F)c2)CC1. The first-order chi connectivity index (χ1) is 13.7. The predicted octanol–water partition coefficient (Wildman–Crippen LogP) is 8.83. The first kappa shape index (κ1) is 21.8. The summed E-state index contributed by atoms with van der Waals surface area (Å²) in [6, 6.07) is 6.23. The molecular weight excluding hydrogens is 343 g/mol. The normalized spacial score (nSPS) is 28.4. The molecular formula is C27H43F. The Kier molecular flexibility index (Phi) is 8.87. The molecule has 2 aliphatic rings. The maximum absolute atomic E-state index is 14.8. The Balaban J connectivity index is 1.44. The summed E-state index contributed by atoms with van der Waals surface area (Å²) in [5.41, 5.74) is 2.21. The van der Waals surface area contributed by atoms with Crippen molar-refractivity contribution in [2.45, 2.75) is 116 Å². The van der Waals surface area contributed by atoms with Gasteiger partial charge in [0, 0.05) is 0 Å². The van der Waals surface area contributed by atoms with E-state index in [9.17, 15) is 4.39 Å². The van der Waals surface area contributed by atoms with Crippen molar-refractivity contribution in [3.63, 3.8) is 0 Å². The zero-order chi connectivity index (χ0) is 19.8. The lowest BCUT2D eigenvalue weighted by molar-refractivity contribution is 0.258. The van der Waals surface area contributed by atoms with Crippen LogP contribution in [0.4, 0.5) is 4.39 Å². The van der Waals surface area contributed by atoms with Crippen LogP contribution in [0.3, 0.4) is 0 Å². The van der Waals surface area contributed by atoms with Crippen LogP contribution in [0.25, 0.3) is 0 Å². The molecule has 0 aliphatic heterocycles. The summed E-state index contributed by atoms with van der Waals surface area (Å²) < 4.78 is 14.8. The van der Waals surface area contributed by atoms with Gasteiger partial charge in [-0.25, -0.2) is 4.39 Å². The predicted molar refractivity (Wildman–Crippen MR) is 119 cm³/mol. The molecule has 0 atom stereocenters. The molecule has 0 saturated heterocycles. The number of benzene rings is 1. The van der Waals surface area contributed by atoms with Crippen molar-refractivity contribution in [3.05, 3.63) is 35.1 Å². The highest BCUT2D eigenvalue weighted by molar-refractivity contribution is 5.27. The number of halogens is 1. The van der Waals surface area contributed by atoms with Gasteiger partial charge in [-0.2, -0.15) is 0 Å². The molecule has 1 heteroatoms. The van der Waals surface area contributed by atoms with E-state index in [2.05, 4.69) is 26.0 Å². The molecule has 0 bridgehead atoms. The Morgan fingerprint density at radius 1 is 0.786 bits per heavy atom. The standard InChI is InChI=1S/C27H43F/c1-3-5-6-7-22-12-15-24(16-13-22)26-19-18-25(27(28)20-26)17-14-23-10-8-21(4-2)9-11-23/h18-24H,3-17H2,1-2H3. The Morgan fingerprint density at radius 2 is 1.43 bits per heavy atom. The highest BCUT2D eigenvalue weighted by atomic mass is 19.1. The molecule has 0 radical (unpaired) electrons. The second kappa shape index (κ2) is 11.4. The number of hydrogen-bond donors (Lipinski definition) is 0. The minimum Gasteiger partial charge on any atom is -0.207 e. The summed E-state index contributed by atoms with van der Waals surface area (Å²) in [4.78, 5) is 0. The third-order valence-electron chi connectivity index (χ3n) is 7.98. The first-order valence-corrected chi connectivity index (χ1v) is 12.5. The number of unbranched alkanes of at least 4 members (excludes halogenated alkanes) is 2. The van der Waals surface area contributed by atoms with Gasteiger partial charge in [-0.1, -0.05) is 83.8 Å². The van der Waals surface area contributed by atoms with E-state index in [-0.39, 0.29) is 5.82 Å². The number of rotatable bonds is 9. The van der Waals surface area contributed by atoms with Gasteiger partial charge in [0.05, 0.1) is 0 Å². The quantitative estimate of drug-likeness (QED) is 0.372. The van der Waals surface area contributed by atoms with Crippen molar-refractivity contribution < 1.29 is 4.39 Å². The van der Waals surface area contributed by atoms with E-state index in [0.29, 0.717) is 5.92 Å². The molecule has 28 heavy (non-hydrogen) atoms. The van der Waals surface area contributed by atoms with E-state index >= 15 is 0 Å². The second-order valence-electron chi connectivity index (χ2n) is 9.90. The highest BCUT2D eigenvalue weighted by Gasteiger charge is 2.23. The van der Waals surface area contributed by atoms with Crippen molar-refractivity contribution in [1.82, 2.24) is 0 Å². The lowest BCUT2D eigenvalue weighted by Crippen LogP contribution is -2.15. The lowest BCUT2D eigenvalue weighted by atomic mass is 9.76. The summed E-state index contributed by atoms with van der Waals surface area (Å²) in [6.45, 7) is 4.60. The fraction of sp³-hybridized carbons (Fsp3) is 0.778. The summed E-state index contributed by atoms with van der Waals surface area (Å²) in [7, 11) is 0. The third kappa shape index (κ3) is 6.33. The highest BCUT2D eigenvalue weighted by Crippen LogP contribution is 2.38. The fourth-order valence-electron chi connectivity index (χ4n) is 5.78.